The molecule has 2 aromatic rings. The minimum atomic E-state index is -3.96. The third kappa shape index (κ3) is 4.12. The third-order valence-electron chi connectivity index (χ3n) is 5.09. The number of cyclic esters (lactones) is 1. The maximum absolute atomic E-state index is 13.2. The van der Waals surface area contributed by atoms with E-state index in [-0.39, 0.29) is 29.2 Å². The molecule has 7 nitrogen and oxygen atoms in total. The van der Waals surface area contributed by atoms with Crippen LogP contribution in [0.15, 0.2) is 35.2 Å². The average molecular weight is 417 g/mol. The molecule has 29 heavy (non-hydrogen) atoms. The first-order valence-corrected chi connectivity index (χ1v) is 10.7. The van der Waals surface area contributed by atoms with Crippen LogP contribution in [-0.2, 0) is 24.3 Å². The average Bonchev–Trinajstić information content (AvgIpc) is 3.04. The molecule has 0 spiro atoms. The van der Waals surface area contributed by atoms with E-state index in [1.165, 1.54) is 12.1 Å². The van der Waals surface area contributed by atoms with Crippen LogP contribution in [0.25, 0.3) is 0 Å². The highest BCUT2D eigenvalue weighted by Crippen LogP contribution is 2.29. The zero-order valence-corrected chi connectivity index (χ0v) is 17.6. The molecule has 1 saturated heterocycles. The van der Waals surface area contributed by atoms with Crippen molar-refractivity contribution in [3.05, 3.63) is 58.1 Å². The number of aryl methyl sites for hydroxylation is 2. The van der Waals surface area contributed by atoms with Crippen LogP contribution in [-0.4, -0.2) is 33.1 Å². The molecule has 1 heterocycles. The lowest BCUT2D eigenvalue weighted by atomic mass is 10.0. The monoisotopic (exact) mass is 417 g/mol. The Bertz CT molecular complexity index is 1060. The summed E-state index contributed by atoms with van der Waals surface area (Å²) in [5, 5.41) is 0. The van der Waals surface area contributed by atoms with Crippen molar-refractivity contribution in [3.8, 4) is 0 Å². The lowest BCUT2D eigenvalue weighted by molar-refractivity contribution is -0.145. The minimum absolute atomic E-state index is 0.0236. The van der Waals surface area contributed by atoms with Crippen LogP contribution in [0.5, 0.6) is 0 Å². The fourth-order valence-electron chi connectivity index (χ4n) is 3.31. The third-order valence-corrected chi connectivity index (χ3v) is 6.73. The molecule has 0 unspecified atom stereocenters. The summed E-state index contributed by atoms with van der Waals surface area (Å²) >= 11 is 0. The molecule has 3 rings (SSSR count). The fraction of sp³-hybridized carbons (Fsp3) is 0.333. The first-order chi connectivity index (χ1) is 13.6. The molecule has 1 aliphatic heterocycles. The molecule has 1 N–H and O–H groups in total. The van der Waals surface area contributed by atoms with Crippen molar-refractivity contribution in [2.75, 3.05) is 11.3 Å². The van der Waals surface area contributed by atoms with Crippen LogP contribution in [0.3, 0.4) is 0 Å². The van der Waals surface area contributed by atoms with Crippen LogP contribution in [0, 0.1) is 27.7 Å². The van der Waals surface area contributed by atoms with Gasteiger partial charge in [-0.15, -0.1) is 0 Å². The van der Waals surface area contributed by atoms with Gasteiger partial charge in [0.1, 0.15) is 0 Å². The van der Waals surface area contributed by atoms with Gasteiger partial charge in [0.2, 0.25) is 6.10 Å². The second kappa shape index (κ2) is 7.87. The molecular formula is C21H23NO6S. The lowest BCUT2D eigenvalue weighted by Gasteiger charge is -2.18. The van der Waals surface area contributed by atoms with Gasteiger partial charge < -0.3 is 9.47 Å². The Morgan fingerprint density at radius 1 is 1.10 bits per heavy atom. The largest absolute Gasteiger partial charge is 0.463 e. The van der Waals surface area contributed by atoms with Crippen LogP contribution >= 0.6 is 0 Å². The molecule has 0 aliphatic carbocycles. The number of anilines is 1. The Kier molecular flexibility index (Phi) is 5.66. The summed E-state index contributed by atoms with van der Waals surface area (Å²) in [6, 6.07) is 8.07. The number of hydrogen-bond acceptors (Lipinski definition) is 6. The van der Waals surface area contributed by atoms with Gasteiger partial charge in [-0.1, -0.05) is 18.2 Å². The number of sulfonamides is 1. The fourth-order valence-corrected chi connectivity index (χ4v) is 5.00. The molecular weight excluding hydrogens is 394 g/mol. The first-order valence-electron chi connectivity index (χ1n) is 9.18. The van der Waals surface area contributed by atoms with Crippen LogP contribution in [0.2, 0.25) is 0 Å². The molecule has 0 radical (unpaired) electrons. The predicted molar refractivity (Wildman–Crippen MR) is 107 cm³/mol. The molecule has 154 valence electrons. The van der Waals surface area contributed by atoms with Gasteiger partial charge in [-0.2, -0.15) is 0 Å². The lowest BCUT2D eigenvalue weighted by Crippen LogP contribution is -2.24. The Morgan fingerprint density at radius 3 is 2.31 bits per heavy atom. The maximum atomic E-state index is 13.2. The summed E-state index contributed by atoms with van der Waals surface area (Å²) in [7, 11) is -3.96. The molecule has 8 heteroatoms. The number of carbonyl (C=O) groups excluding carboxylic acids is 2. The van der Waals surface area contributed by atoms with E-state index in [9.17, 15) is 18.0 Å². The van der Waals surface area contributed by atoms with Gasteiger partial charge in [0.25, 0.3) is 10.0 Å². The molecule has 1 fully saturated rings. The van der Waals surface area contributed by atoms with Crippen LogP contribution in [0.4, 0.5) is 5.69 Å². The number of hydrogen-bond donors (Lipinski definition) is 1. The van der Waals surface area contributed by atoms with Crippen molar-refractivity contribution in [1.29, 1.82) is 0 Å². The standard InChI is InChI=1S/C21H23NO6S/c1-12-11-13(2)15(4)19(14(12)3)29(25,26)22-17-8-6-5-7-16(17)20(23)28-18-9-10-27-21(18)24/h5-8,11,18,22H,9-10H2,1-4H3/t18-/m0/s1. The zero-order valence-electron chi connectivity index (χ0n) is 16.7. The van der Waals surface area contributed by atoms with Crippen LogP contribution in [0.1, 0.15) is 39.0 Å². The molecule has 0 saturated carbocycles. The van der Waals surface area contributed by atoms with E-state index in [0.29, 0.717) is 11.1 Å². The summed E-state index contributed by atoms with van der Waals surface area (Å²) in [5.74, 6) is -1.39. The SMILES string of the molecule is Cc1cc(C)c(C)c(S(=O)(=O)Nc2ccccc2C(=O)O[C@H]2CCOC2=O)c1C. The Hall–Kier alpha value is -2.87. The van der Waals surface area contributed by atoms with Gasteiger partial charge in [0.15, 0.2) is 0 Å². The molecule has 1 atom stereocenters. The van der Waals surface area contributed by atoms with E-state index in [1.807, 2.05) is 19.9 Å². The van der Waals surface area contributed by atoms with Crippen molar-refractivity contribution in [2.24, 2.45) is 0 Å². The number of nitrogens with one attached hydrogen (secondary N) is 1. The normalized spacial score (nSPS) is 16.4. The molecule has 1 aliphatic rings. The molecule has 0 aromatic heterocycles. The number of para-hydroxylation sites is 1. The van der Waals surface area contributed by atoms with Crippen molar-refractivity contribution in [3.63, 3.8) is 0 Å². The van der Waals surface area contributed by atoms with Crippen LogP contribution < -0.4 is 4.72 Å². The Labute approximate surface area is 170 Å². The van der Waals surface area contributed by atoms with Crippen molar-refractivity contribution >= 4 is 27.6 Å². The van der Waals surface area contributed by atoms with Gasteiger partial charge in [-0.3, -0.25) is 4.72 Å². The van der Waals surface area contributed by atoms with E-state index in [2.05, 4.69) is 4.72 Å². The predicted octanol–water partition coefficient (Wildman–Crippen LogP) is 3.19. The topological polar surface area (TPSA) is 98.8 Å². The number of benzene rings is 2. The highest BCUT2D eigenvalue weighted by atomic mass is 32.2. The summed E-state index contributed by atoms with van der Waals surface area (Å²) < 4.78 is 38.9. The maximum Gasteiger partial charge on any atom is 0.347 e. The summed E-state index contributed by atoms with van der Waals surface area (Å²) in [6.45, 7) is 7.40. The quantitative estimate of drug-likeness (QED) is 0.750. The van der Waals surface area contributed by atoms with Crippen molar-refractivity contribution < 1.29 is 27.5 Å². The summed E-state index contributed by atoms with van der Waals surface area (Å²) in [5.41, 5.74) is 3.13. The van der Waals surface area contributed by atoms with Crippen molar-refractivity contribution in [1.82, 2.24) is 0 Å². The second-order valence-electron chi connectivity index (χ2n) is 7.09. The summed E-state index contributed by atoms with van der Waals surface area (Å²) in [4.78, 5) is 24.3. The first kappa shape index (κ1) is 20.9. The number of carbonyl (C=O) groups is 2. The number of ether oxygens (including phenoxy) is 2. The van der Waals surface area contributed by atoms with E-state index in [4.69, 9.17) is 9.47 Å². The zero-order chi connectivity index (χ0) is 21.3. The van der Waals surface area contributed by atoms with Gasteiger partial charge in [-0.05, 0) is 62.1 Å². The minimum Gasteiger partial charge on any atom is -0.463 e. The molecule has 0 amide bonds. The highest BCUT2D eigenvalue weighted by molar-refractivity contribution is 7.92. The Balaban J connectivity index is 1.95. The highest BCUT2D eigenvalue weighted by Gasteiger charge is 2.32. The molecule has 2 aromatic carbocycles. The summed E-state index contributed by atoms with van der Waals surface area (Å²) in [6.07, 6.45) is -0.699. The van der Waals surface area contributed by atoms with Gasteiger partial charge in [-0.25, -0.2) is 18.0 Å². The Morgan fingerprint density at radius 2 is 1.72 bits per heavy atom. The van der Waals surface area contributed by atoms with E-state index >= 15 is 0 Å². The number of rotatable bonds is 5. The van der Waals surface area contributed by atoms with Gasteiger partial charge >= 0.3 is 11.9 Å². The van der Waals surface area contributed by atoms with E-state index in [0.717, 1.165) is 11.1 Å². The van der Waals surface area contributed by atoms with E-state index in [1.54, 1.807) is 26.0 Å². The number of esters is 2. The van der Waals surface area contributed by atoms with Gasteiger partial charge in [0.05, 0.1) is 22.8 Å². The van der Waals surface area contributed by atoms with E-state index < -0.39 is 28.1 Å². The molecule has 0 bridgehead atoms. The smallest absolute Gasteiger partial charge is 0.347 e. The van der Waals surface area contributed by atoms with Crippen molar-refractivity contribution in [2.45, 2.75) is 45.1 Å². The van der Waals surface area contributed by atoms with Gasteiger partial charge in [0, 0.05) is 6.42 Å². The second-order valence-corrected chi connectivity index (χ2v) is 8.71.